The van der Waals surface area contributed by atoms with Crippen LogP contribution in [0.25, 0.3) is 0 Å². The molecule has 2 aliphatic rings. The van der Waals surface area contributed by atoms with Gasteiger partial charge in [0, 0.05) is 11.1 Å². The van der Waals surface area contributed by atoms with Crippen molar-refractivity contribution in [1.82, 2.24) is 10.2 Å². The number of rotatable bonds is 6. The average molecular weight is 622 g/mol. The van der Waals surface area contributed by atoms with Crippen LogP contribution in [0, 0.1) is 0 Å². The Morgan fingerprint density at radius 2 is 1.97 bits per heavy atom. The van der Waals surface area contributed by atoms with Gasteiger partial charge in [-0.25, -0.2) is 4.79 Å². The number of carbonyl (C=O) groups excluding carboxylic acids is 3. The third kappa shape index (κ3) is 5.30. The molecule has 2 amide bonds. The van der Waals surface area contributed by atoms with Crippen LogP contribution in [0.5, 0.6) is 0 Å². The van der Waals surface area contributed by atoms with Crippen molar-refractivity contribution >= 4 is 96.2 Å². The molecule has 1 N–H and O–H groups in total. The standard InChI is InChI=1S/C18H15Br2Cl3N2O4S/c19-6-10-7-30-16-12(24-14(26)11(20)9-4-2-1-3-5-9)15(27)25(16)13(10)17(28)29-8-18(21,22)23/h1-5,11-12,16H,6-8H2,(H,24,26)/t11?,12-,16+/m1/s1. The van der Waals surface area contributed by atoms with Gasteiger partial charge in [0.05, 0.1) is 0 Å². The number of thioether (sulfide) groups is 1. The molecule has 3 atom stereocenters. The van der Waals surface area contributed by atoms with Crippen molar-refractivity contribution in [1.29, 1.82) is 0 Å². The summed E-state index contributed by atoms with van der Waals surface area (Å²) in [6.07, 6.45) is 0. The summed E-state index contributed by atoms with van der Waals surface area (Å²) in [5, 5.41) is 2.72. The summed E-state index contributed by atoms with van der Waals surface area (Å²) in [5.74, 6) is -0.995. The van der Waals surface area contributed by atoms with Crippen molar-refractivity contribution < 1.29 is 19.1 Å². The average Bonchev–Trinajstić information content (AvgIpc) is 2.73. The second-order valence-corrected chi connectivity index (χ2v) is 11.5. The quantitative estimate of drug-likeness (QED) is 0.295. The van der Waals surface area contributed by atoms with E-state index in [1.807, 2.05) is 30.3 Å². The number of nitrogens with one attached hydrogen (secondary N) is 1. The van der Waals surface area contributed by atoms with E-state index in [-0.39, 0.29) is 11.6 Å². The Morgan fingerprint density at radius 3 is 2.57 bits per heavy atom. The monoisotopic (exact) mass is 618 g/mol. The van der Waals surface area contributed by atoms with Gasteiger partial charge in [0.1, 0.15) is 28.5 Å². The molecule has 0 spiro atoms. The van der Waals surface area contributed by atoms with Crippen LogP contribution in [-0.2, 0) is 19.1 Å². The highest BCUT2D eigenvalue weighted by Gasteiger charge is 2.54. The fraction of sp³-hybridized carbons (Fsp3) is 0.389. The summed E-state index contributed by atoms with van der Waals surface area (Å²) in [4.78, 5) is 38.8. The molecule has 1 saturated heterocycles. The predicted octanol–water partition coefficient (Wildman–Crippen LogP) is 4.08. The van der Waals surface area contributed by atoms with E-state index in [4.69, 9.17) is 39.5 Å². The minimum atomic E-state index is -1.76. The predicted molar refractivity (Wildman–Crippen MR) is 125 cm³/mol. The van der Waals surface area contributed by atoms with Crippen molar-refractivity contribution in [2.24, 2.45) is 0 Å². The molecule has 12 heteroatoms. The third-order valence-electron chi connectivity index (χ3n) is 4.39. The van der Waals surface area contributed by atoms with Gasteiger partial charge in [-0.3, -0.25) is 14.5 Å². The normalized spacial score (nSPS) is 22.2. The van der Waals surface area contributed by atoms with Crippen molar-refractivity contribution in [3.63, 3.8) is 0 Å². The first-order valence-corrected chi connectivity index (χ1v) is 12.8. The molecule has 6 nitrogen and oxygen atoms in total. The molecule has 1 fully saturated rings. The number of halogens is 5. The van der Waals surface area contributed by atoms with Crippen LogP contribution < -0.4 is 5.32 Å². The lowest BCUT2D eigenvalue weighted by atomic mass is 10.0. The zero-order chi connectivity index (χ0) is 22.1. The first-order valence-electron chi connectivity index (χ1n) is 8.60. The third-order valence-corrected chi connectivity index (χ3v) is 7.68. The van der Waals surface area contributed by atoms with Gasteiger partial charge in [-0.15, -0.1) is 11.8 Å². The number of alkyl halides is 5. The van der Waals surface area contributed by atoms with Crippen LogP contribution >= 0.6 is 78.4 Å². The van der Waals surface area contributed by atoms with E-state index in [9.17, 15) is 14.4 Å². The van der Waals surface area contributed by atoms with Crippen LogP contribution in [0.2, 0.25) is 0 Å². The van der Waals surface area contributed by atoms with E-state index in [0.29, 0.717) is 16.7 Å². The van der Waals surface area contributed by atoms with Crippen LogP contribution in [0.15, 0.2) is 41.6 Å². The first-order chi connectivity index (χ1) is 14.1. The minimum Gasteiger partial charge on any atom is -0.456 e. The molecular formula is C18H15Br2Cl3N2O4S. The molecule has 2 aliphatic heterocycles. The lowest BCUT2D eigenvalue weighted by Gasteiger charge is -2.49. The molecular weight excluding hydrogens is 606 g/mol. The van der Waals surface area contributed by atoms with Gasteiger partial charge in [-0.2, -0.15) is 0 Å². The molecule has 0 aromatic heterocycles. The number of nitrogens with zero attached hydrogens (tertiary/aromatic N) is 1. The molecule has 0 saturated carbocycles. The molecule has 2 heterocycles. The van der Waals surface area contributed by atoms with E-state index >= 15 is 0 Å². The van der Waals surface area contributed by atoms with E-state index in [0.717, 1.165) is 5.56 Å². The summed E-state index contributed by atoms with van der Waals surface area (Å²) in [6, 6.07) is 8.38. The highest BCUT2D eigenvalue weighted by Crippen LogP contribution is 2.41. The Bertz CT molecular complexity index is 882. The molecule has 0 bridgehead atoms. The Hall–Kier alpha value is -0.450. The molecule has 0 radical (unpaired) electrons. The zero-order valence-corrected chi connectivity index (χ0v) is 21.4. The molecule has 0 aliphatic carbocycles. The van der Waals surface area contributed by atoms with Gasteiger partial charge >= 0.3 is 5.97 Å². The van der Waals surface area contributed by atoms with Crippen LogP contribution in [0.4, 0.5) is 0 Å². The number of β-lactam (4-membered cyclic amide) rings is 1. The van der Waals surface area contributed by atoms with Crippen molar-refractivity contribution in [3.05, 3.63) is 47.2 Å². The maximum absolute atomic E-state index is 12.8. The summed E-state index contributed by atoms with van der Waals surface area (Å²) in [5.41, 5.74) is 1.58. The summed E-state index contributed by atoms with van der Waals surface area (Å²) < 4.78 is 3.32. The first kappa shape index (κ1) is 24.2. The lowest BCUT2D eigenvalue weighted by molar-refractivity contribution is -0.152. The summed E-state index contributed by atoms with van der Waals surface area (Å²) in [7, 11) is 0. The molecule has 30 heavy (non-hydrogen) atoms. The van der Waals surface area contributed by atoms with Gasteiger partial charge in [0.15, 0.2) is 0 Å². The molecule has 1 aromatic rings. The highest BCUT2D eigenvalue weighted by atomic mass is 79.9. The summed E-state index contributed by atoms with van der Waals surface area (Å²) >= 11 is 25.1. The van der Waals surface area contributed by atoms with Crippen molar-refractivity contribution in [2.45, 2.75) is 20.0 Å². The second-order valence-electron chi connectivity index (χ2n) is 6.45. The van der Waals surface area contributed by atoms with Gasteiger partial charge in [-0.1, -0.05) is 97.0 Å². The van der Waals surface area contributed by atoms with Gasteiger partial charge in [-0.05, 0) is 11.1 Å². The van der Waals surface area contributed by atoms with Gasteiger partial charge in [0.25, 0.3) is 5.91 Å². The maximum atomic E-state index is 12.8. The minimum absolute atomic E-state index is 0.124. The number of ether oxygens (including phenoxy) is 1. The Labute approximate surface area is 209 Å². The Balaban J connectivity index is 1.71. The Morgan fingerprint density at radius 1 is 1.30 bits per heavy atom. The second kappa shape index (κ2) is 10.0. The van der Waals surface area contributed by atoms with E-state index in [1.54, 1.807) is 0 Å². The number of benzene rings is 1. The number of hydrogen-bond acceptors (Lipinski definition) is 5. The van der Waals surface area contributed by atoms with E-state index in [2.05, 4.69) is 37.2 Å². The number of carbonyl (C=O) groups is 3. The number of amides is 2. The van der Waals surface area contributed by atoms with Crippen molar-refractivity contribution in [2.75, 3.05) is 17.7 Å². The summed E-state index contributed by atoms with van der Waals surface area (Å²) in [6.45, 7) is -0.447. The largest absolute Gasteiger partial charge is 0.456 e. The van der Waals surface area contributed by atoms with Crippen LogP contribution in [0.3, 0.4) is 0 Å². The topological polar surface area (TPSA) is 75.7 Å². The number of fused-ring (bicyclic) bond motifs is 1. The van der Waals surface area contributed by atoms with E-state index < -0.39 is 38.5 Å². The molecule has 1 aromatic carbocycles. The smallest absolute Gasteiger partial charge is 0.355 e. The Kier molecular flexibility index (Phi) is 8.07. The highest BCUT2D eigenvalue weighted by molar-refractivity contribution is 9.09. The van der Waals surface area contributed by atoms with Crippen molar-refractivity contribution in [3.8, 4) is 0 Å². The van der Waals surface area contributed by atoms with Crippen LogP contribution in [0.1, 0.15) is 10.4 Å². The molecule has 162 valence electrons. The maximum Gasteiger partial charge on any atom is 0.355 e. The van der Waals surface area contributed by atoms with Crippen LogP contribution in [-0.4, -0.2) is 55.6 Å². The van der Waals surface area contributed by atoms with Gasteiger partial charge in [0.2, 0.25) is 9.70 Å². The molecule has 3 rings (SSSR count). The molecule has 1 unspecified atom stereocenters. The lowest BCUT2D eigenvalue weighted by Crippen LogP contribution is -2.70. The number of hydrogen-bond donors (Lipinski definition) is 1. The number of esters is 1. The fourth-order valence-corrected chi connectivity index (χ4v) is 5.66. The SMILES string of the molecule is O=C(OCC(Cl)(Cl)Cl)C1=C(CBr)CS[C@H]2[C@H](NC(=O)C(Br)c3ccccc3)C(=O)N12. The zero-order valence-electron chi connectivity index (χ0n) is 15.1. The van der Waals surface area contributed by atoms with Gasteiger partial charge < -0.3 is 10.1 Å². The fourth-order valence-electron chi connectivity index (χ4n) is 2.99. The van der Waals surface area contributed by atoms with E-state index in [1.165, 1.54) is 16.7 Å².